The van der Waals surface area contributed by atoms with Crippen molar-refractivity contribution in [2.24, 2.45) is 0 Å². The molecule has 0 aromatic heterocycles. The zero-order valence-corrected chi connectivity index (χ0v) is 9.14. The summed E-state index contributed by atoms with van der Waals surface area (Å²) in [5.41, 5.74) is 1.88. The molecule has 1 rings (SSSR count). The molecule has 1 aliphatic heterocycles. The third-order valence-electron chi connectivity index (χ3n) is 2.16. The van der Waals surface area contributed by atoms with Crippen molar-refractivity contribution in [3.63, 3.8) is 0 Å². The van der Waals surface area contributed by atoms with Gasteiger partial charge in [-0.15, -0.1) is 0 Å². The van der Waals surface area contributed by atoms with Crippen molar-refractivity contribution in [1.29, 1.82) is 0 Å². The van der Waals surface area contributed by atoms with Gasteiger partial charge in [0.2, 0.25) is 0 Å². The zero-order valence-electron chi connectivity index (χ0n) is 7.26. The van der Waals surface area contributed by atoms with E-state index < -0.39 is 15.3 Å². The van der Waals surface area contributed by atoms with Crippen molar-refractivity contribution in [3.8, 4) is 0 Å². The van der Waals surface area contributed by atoms with Crippen molar-refractivity contribution in [2.75, 3.05) is 0 Å². The molecule has 0 atom stereocenters. The molecule has 3 heteroatoms. The van der Waals surface area contributed by atoms with Crippen molar-refractivity contribution in [1.82, 2.24) is 0 Å². The molecule has 1 aliphatic rings. The second kappa shape index (κ2) is 2.23. The molecule has 0 saturated carbocycles. The molecule has 1 heterocycles. The van der Waals surface area contributed by atoms with E-state index in [0.717, 1.165) is 0 Å². The summed E-state index contributed by atoms with van der Waals surface area (Å²) in [6.45, 7) is 8.35. The van der Waals surface area contributed by atoms with Crippen LogP contribution in [-0.4, -0.2) is 26.5 Å². The summed E-state index contributed by atoms with van der Waals surface area (Å²) in [6.07, 6.45) is 0. The Morgan fingerprint density at radius 2 is 1.20 bits per heavy atom. The first-order valence-electron chi connectivity index (χ1n) is 3.47. The van der Waals surface area contributed by atoms with Crippen molar-refractivity contribution >= 4 is 15.3 Å². The van der Waals surface area contributed by atoms with Crippen molar-refractivity contribution < 1.29 is 7.45 Å². The Balaban J connectivity index is 2.78. The first-order valence-corrected chi connectivity index (χ1v) is 6.88. The van der Waals surface area contributed by atoms with Crippen LogP contribution in [0.3, 0.4) is 0 Å². The third-order valence-corrected chi connectivity index (χ3v) is 5.16. The van der Waals surface area contributed by atoms with E-state index in [4.69, 9.17) is 7.45 Å². The molecule has 1 fully saturated rings. The molecular weight excluding hydrogens is 191 g/mol. The summed E-state index contributed by atoms with van der Waals surface area (Å²) in [7, 11) is 0. The predicted molar refractivity (Wildman–Crippen MR) is 41.9 cm³/mol. The summed E-state index contributed by atoms with van der Waals surface area (Å²) in [6, 6.07) is 0. The van der Waals surface area contributed by atoms with Crippen LogP contribution in [0.2, 0.25) is 5.71 Å². The van der Waals surface area contributed by atoms with Crippen LogP contribution in [0, 0.1) is 0 Å². The summed E-state index contributed by atoms with van der Waals surface area (Å²) in [5.74, 6) is 0. The Morgan fingerprint density at radius 3 is 1.30 bits per heavy atom. The molecule has 0 amide bonds. The summed E-state index contributed by atoms with van der Waals surface area (Å²) >= 11 is -1.36. The van der Waals surface area contributed by atoms with E-state index in [9.17, 15) is 0 Å². The van der Waals surface area contributed by atoms with E-state index in [2.05, 4.69) is 33.4 Å². The Hall–Kier alpha value is 0.478. The first kappa shape index (κ1) is 8.57. The van der Waals surface area contributed by atoms with Gasteiger partial charge in [0.05, 0.1) is 0 Å². The second-order valence-electron chi connectivity index (χ2n) is 3.64. The van der Waals surface area contributed by atoms with Gasteiger partial charge < -0.3 is 0 Å². The fourth-order valence-corrected chi connectivity index (χ4v) is 4.58. The van der Waals surface area contributed by atoms with Gasteiger partial charge in [-0.3, -0.25) is 0 Å². The van der Waals surface area contributed by atoms with Gasteiger partial charge in [-0.1, -0.05) is 0 Å². The molecule has 0 aliphatic carbocycles. The molecule has 0 unspecified atom stereocenters. The van der Waals surface area contributed by atoms with Gasteiger partial charge in [-0.2, -0.15) is 0 Å². The maximum absolute atomic E-state index is 5.69. The zero-order chi connectivity index (χ0) is 7.99. The molecule has 0 aromatic rings. The Labute approximate surface area is 67.9 Å². The summed E-state index contributed by atoms with van der Waals surface area (Å²) in [4.78, 5) is 0. The monoisotopic (exact) mass is 206 g/mol. The molecular formula is C7H15AsO2. The topological polar surface area (TPSA) is 18.5 Å². The minimum atomic E-state index is -1.36. The number of hydrogen-bond donors (Lipinski definition) is 0. The average Bonchev–Trinajstić information content (AvgIpc) is 1.73. The van der Waals surface area contributed by atoms with Crippen LogP contribution in [0.4, 0.5) is 0 Å². The van der Waals surface area contributed by atoms with Crippen molar-refractivity contribution in [2.45, 2.75) is 44.6 Å². The summed E-state index contributed by atoms with van der Waals surface area (Å²) in [5, 5.41) is 0. The van der Waals surface area contributed by atoms with Crippen LogP contribution in [0.15, 0.2) is 0 Å². The van der Waals surface area contributed by atoms with Crippen molar-refractivity contribution in [3.05, 3.63) is 0 Å². The van der Waals surface area contributed by atoms with E-state index in [1.165, 1.54) is 0 Å². The van der Waals surface area contributed by atoms with E-state index >= 15 is 0 Å². The van der Waals surface area contributed by atoms with Crippen LogP contribution in [0.25, 0.3) is 0 Å². The molecule has 0 aromatic carbocycles. The van der Waals surface area contributed by atoms with Gasteiger partial charge in [0.1, 0.15) is 0 Å². The van der Waals surface area contributed by atoms with Crippen LogP contribution < -0.4 is 0 Å². The predicted octanol–water partition coefficient (Wildman–Crippen LogP) is 1.71. The molecule has 2 nitrogen and oxygen atoms in total. The molecule has 0 bridgehead atoms. The van der Waals surface area contributed by atoms with E-state index in [1.807, 2.05) is 0 Å². The molecule has 60 valence electrons. The van der Waals surface area contributed by atoms with Gasteiger partial charge >= 0.3 is 67.4 Å². The van der Waals surface area contributed by atoms with Crippen LogP contribution in [-0.2, 0) is 7.45 Å². The van der Waals surface area contributed by atoms with Gasteiger partial charge in [-0.05, 0) is 0 Å². The number of hydrogen-bond acceptors (Lipinski definition) is 2. The van der Waals surface area contributed by atoms with E-state index in [0.29, 0.717) is 0 Å². The fourth-order valence-electron chi connectivity index (χ4n) is 0.881. The van der Waals surface area contributed by atoms with Gasteiger partial charge in [-0.25, -0.2) is 0 Å². The molecule has 0 radical (unpaired) electrons. The Morgan fingerprint density at radius 1 is 0.900 bits per heavy atom. The van der Waals surface area contributed by atoms with Crippen LogP contribution in [0.1, 0.15) is 27.7 Å². The van der Waals surface area contributed by atoms with Gasteiger partial charge in [0, 0.05) is 0 Å². The molecule has 0 N–H and O–H groups in total. The molecule has 1 saturated heterocycles. The van der Waals surface area contributed by atoms with Gasteiger partial charge in [0.25, 0.3) is 0 Å². The standard InChI is InChI=1S/C7H15AsO2/c1-6(2)7(3,4)10-8(5)9-6/h1-5H3. The normalized spacial score (nSPS) is 30.9. The summed E-state index contributed by atoms with van der Waals surface area (Å²) < 4.78 is 11.4. The first-order chi connectivity index (χ1) is 4.35. The molecule has 0 spiro atoms. The Kier molecular flexibility index (Phi) is 1.91. The fraction of sp³-hybridized carbons (Fsp3) is 1.00. The minimum absolute atomic E-state index is 0.0955. The Bertz CT molecular complexity index is 127. The maximum atomic E-state index is 5.69. The third kappa shape index (κ3) is 1.25. The van der Waals surface area contributed by atoms with Crippen LogP contribution >= 0.6 is 0 Å². The van der Waals surface area contributed by atoms with E-state index in [-0.39, 0.29) is 11.2 Å². The average molecular weight is 206 g/mol. The SMILES string of the molecule is C[As]1OC(C)(C)C(C)(C)O1. The van der Waals surface area contributed by atoms with Gasteiger partial charge in [0.15, 0.2) is 0 Å². The molecule has 10 heavy (non-hydrogen) atoms. The van der Waals surface area contributed by atoms with Crippen LogP contribution in [0.5, 0.6) is 0 Å². The number of rotatable bonds is 0. The quantitative estimate of drug-likeness (QED) is 0.561. The van der Waals surface area contributed by atoms with E-state index in [1.54, 1.807) is 0 Å². The second-order valence-corrected chi connectivity index (χ2v) is 6.25.